The number of hydrogen-bond donors (Lipinski definition) is 2. The molecule has 1 saturated heterocycles. The van der Waals surface area contributed by atoms with Gasteiger partial charge in [0.2, 0.25) is 0 Å². The second-order valence-corrected chi connectivity index (χ2v) is 5.20. The van der Waals surface area contributed by atoms with Gasteiger partial charge in [0.25, 0.3) is 0 Å². The molecular formula is C11H21NO4. The van der Waals surface area contributed by atoms with Crippen LogP contribution in [0.15, 0.2) is 0 Å². The molecule has 0 aromatic carbocycles. The zero-order valence-corrected chi connectivity index (χ0v) is 10.3. The molecule has 0 aromatic rings. The zero-order valence-electron chi connectivity index (χ0n) is 10.3. The smallest absolute Gasteiger partial charge is 0.408 e. The predicted molar refractivity (Wildman–Crippen MR) is 59.2 cm³/mol. The number of ether oxygens (including phenoxy) is 2. The van der Waals surface area contributed by atoms with Gasteiger partial charge in [0.1, 0.15) is 5.60 Å². The highest BCUT2D eigenvalue weighted by Gasteiger charge is 2.30. The van der Waals surface area contributed by atoms with Gasteiger partial charge in [0.05, 0.1) is 24.9 Å². The summed E-state index contributed by atoms with van der Waals surface area (Å²) >= 11 is 0. The second kappa shape index (κ2) is 5.01. The average Bonchev–Trinajstić information content (AvgIpc) is 2.06. The van der Waals surface area contributed by atoms with Gasteiger partial charge in [0.15, 0.2) is 0 Å². The summed E-state index contributed by atoms with van der Waals surface area (Å²) in [5.41, 5.74) is -0.530. The fourth-order valence-electron chi connectivity index (χ4n) is 1.55. The first-order valence-corrected chi connectivity index (χ1v) is 5.57. The van der Waals surface area contributed by atoms with Crippen LogP contribution in [0, 0.1) is 0 Å². The molecular weight excluding hydrogens is 210 g/mol. The van der Waals surface area contributed by atoms with Crippen molar-refractivity contribution < 1.29 is 19.4 Å². The largest absolute Gasteiger partial charge is 0.444 e. The molecule has 0 radical (unpaired) electrons. The number of aliphatic hydroxyl groups is 1. The summed E-state index contributed by atoms with van der Waals surface area (Å²) in [6, 6.07) is -0.383. The van der Waals surface area contributed by atoms with Crippen LogP contribution in [0.1, 0.15) is 34.1 Å². The fourth-order valence-corrected chi connectivity index (χ4v) is 1.55. The zero-order chi connectivity index (χ0) is 12.3. The number of carbonyl (C=O) groups is 1. The van der Waals surface area contributed by atoms with E-state index in [0.29, 0.717) is 13.0 Å². The van der Waals surface area contributed by atoms with Crippen molar-refractivity contribution in [2.24, 2.45) is 0 Å². The Hall–Kier alpha value is -0.810. The van der Waals surface area contributed by atoms with E-state index >= 15 is 0 Å². The summed E-state index contributed by atoms with van der Waals surface area (Å²) < 4.78 is 10.5. The number of carbonyl (C=O) groups excluding carboxylic acids is 1. The Bertz CT molecular complexity index is 249. The van der Waals surface area contributed by atoms with E-state index in [2.05, 4.69) is 5.32 Å². The molecule has 0 spiro atoms. The summed E-state index contributed by atoms with van der Waals surface area (Å²) in [5, 5.41) is 12.3. The van der Waals surface area contributed by atoms with Gasteiger partial charge >= 0.3 is 6.09 Å². The number of alkyl carbamates (subject to hydrolysis) is 1. The van der Waals surface area contributed by atoms with Crippen LogP contribution in [0.3, 0.4) is 0 Å². The second-order valence-electron chi connectivity index (χ2n) is 5.20. The maximum absolute atomic E-state index is 11.5. The molecule has 3 atom stereocenters. The highest BCUT2D eigenvalue weighted by Crippen LogP contribution is 2.14. The Labute approximate surface area is 96.1 Å². The molecule has 0 saturated carbocycles. The summed E-state index contributed by atoms with van der Waals surface area (Å²) in [7, 11) is 0. The van der Waals surface area contributed by atoms with Crippen molar-refractivity contribution in [2.75, 3.05) is 6.61 Å². The first kappa shape index (κ1) is 13.3. The van der Waals surface area contributed by atoms with E-state index in [1.165, 1.54) is 0 Å². The third kappa shape index (κ3) is 4.37. The van der Waals surface area contributed by atoms with Crippen molar-refractivity contribution in [3.05, 3.63) is 0 Å². The lowest BCUT2D eigenvalue weighted by molar-refractivity contribution is -0.0593. The van der Waals surface area contributed by atoms with Crippen molar-refractivity contribution in [3.63, 3.8) is 0 Å². The number of rotatable bonds is 1. The van der Waals surface area contributed by atoms with E-state index in [0.717, 1.165) is 0 Å². The molecule has 0 aromatic heterocycles. The molecule has 1 rings (SSSR count). The third-order valence-electron chi connectivity index (χ3n) is 2.30. The normalized spacial score (nSPS) is 30.9. The van der Waals surface area contributed by atoms with Crippen molar-refractivity contribution in [2.45, 2.75) is 58.0 Å². The maximum atomic E-state index is 11.5. The molecule has 1 aliphatic rings. The number of hydrogen-bond acceptors (Lipinski definition) is 4. The molecule has 5 nitrogen and oxygen atoms in total. The monoisotopic (exact) mass is 231 g/mol. The fraction of sp³-hybridized carbons (Fsp3) is 0.909. The van der Waals surface area contributed by atoms with Crippen LogP contribution in [0.4, 0.5) is 4.79 Å². The number of amides is 1. The van der Waals surface area contributed by atoms with E-state index in [1.54, 1.807) is 20.8 Å². The molecule has 5 heteroatoms. The topological polar surface area (TPSA) is 67.8 Å². The summed E-state index contributed by atoms with van der Waals surface area (Å²) in [6.07, 6.45) is -0.529. The Balaban J connectivity index is 2.39. The van der Waals surface area contributed by atoms with Crippen molar-refractivity contribution in [3.8, 4) is 0 Å². The van der Waals surface area contributed by atoms with E-state index < -0.39 is 17.8 Å². The van der Waals surface area contributed by atoms with Gasteiger partial charge in [-0.15, -0.1) is 0 Å². The highest BCUT2D eigenvalue weighted by atomic mass is 16.6. The van der Waals surface area contributed by atoms with Gasteiger partial charge in [-0.25, -0.2) is 4.79 Å². The quantitative estimate of drug-likeness (QED) is 0.708. The summed E-state index contributed by atoms with van der Waals surface area (Å²) in [4.78, 5) is 11.5. The molecule has 1 heterocycles. The Kier molecular flexibility index (Phi) is 4.15. The van der Waals surface area contributed by atoms with Crippen LogP contribution in [0.5, 0.6) is 0 Å². The van der Waals surface area contributed by atoms with Crippen LogP contribution in [0.2, 0.25) is 0 Å². The third-order valence-corrected chi connectivity index (χ3v) is 2.30. The van der Waals surface area contributed by atoms with E-state index in [9.17, 15) is 9.90 Å². The molecule has 16 heavy (non-hydrogen) atoms. The van der Waals surface area contributed by atoms with Gasteiger partial charge < -0.3 is 19.9 Å². The number of nitrogens with one attached hydrogen (secondary N) is 1. The van der Waals surface area contributed by atoms with E-state index in [4.69, 9.17) is 9.47 Å². The minimum absolute atomic E-state index is 0.0340. The van der Waals surface area contributed by atoms with E-state index in [-0.39, 0.29) is 12.1 Å². The number of aliphatic hydroxyl groups excluding tert-OH is 1. The maximum Gasteiger partial charge on any atom is 0.408 e. The van der Waals surface area contributed by atoms with Gasteiger partial charge in [-0.3, -0.25) is 0 Å². The van der Waals surface area contributed by atoms with Gasteiger partial charge in [-0.1, -0.05) is 0 Å². The van der Waals surface area contributed by atoms with Gasteiger partial charge in [-0.2, -0.15) is 0 Å². The van der Waals surface area contributed by atoms with Crippen LogP contribution >= 0.6 is 0 Å². The van der Waals surface area contributed by atoms with Crippen LogP contribution < -0.4 is 5.32 Å². The van der Waals surface area contributed by atoms with E-state index in [1.807, 2.05) is 6.92 Å². The molecule has 1 fully saturated rings. The van der Waals surface area contributed by atoms with Crippen molar-refractivity contribution in [1.29, 1.82) is 0 Å². The van der Waals surface area contributed by atoms with Crippen molar-refractivity contribution in [1.82, 2.24) is 5.32 Å². The molecule has 2 unspecified atom stereocenters. The lowest BCUT2D eigenvalue weighted by atomic mass is 10.0. The standard InChI is InChI=1S/C11H21NO4/c1-7-5-9(13)8(6-15-7)12-10(14)16-11(2,3)4/h7-9,13H,5-6H2,1-4H3,(H,12,14)/t7-,8?,9?/m0/s1. The average molecular weight is 231 g/mol. The lowest BCUT2D eigenvalue weighted by Gasteiger charge is -2.32. The SMILES string of the molecule is C[C@H]1CC(O)C(NC(=O)OC(C)(C)C)CO1. The summed E-state index contributed by atoms with van der Waals surface area (Å²) in [6.45, 7) is 7.60. The molecule has 1 aliphatic heterocycles. The molecule has 0 aliphatic carbocycles. The first-order chi connectivity index (χ1) is 7.28. The molecule has 1 amide bonds. The summed E-state index contributed by atoms with van der Waals surface area (Å²) in [5.74, 6) is 0. The van der Waals surface area contributed by atoms with Crippen LogP contribution in [0.25, 0.3) is 0 Å². The minimum atomic E-state index is -0.573. The van der Waals surface area contributed by atoms with Gasteiger partial charge in [0, 0.05) is 6.42 Å². The molecule has 2 N–H and O–H groups in total. The molecule has 94 valence electrons. The minimum Gasteiger partial charge on any atom is -0.444 e. The molecule has 0 bridgehead atoms. The predicted octanol–water partition coefficient (Wildman–Crippen LogP) is 1.05. The van der Waals surface area contributed by atoms with Gasteiger partial charge in [-0.05, 0) is 27.7 Å². The van der Waals surface area contributed by atoms with Crippen molar-refractivity contribution >= 4 is 6.09 Å². The lowest BCUT2D eigenvalue weighted by Crippen LogP contribution is -2.52. The Morgan fingerprint density at radius 3 is 2.62 bits per heavy atom. The van der Waals surface area contributed by atoms with Crippen LogP contribution in [-0.4, -0.2) is 41.7 Å². The highest BCUT2D eigenvalue weighted by molar-refractivity contribution is 5.68. The Morgan fingerprint density at radius 1 is 1.50 bits per heavy atom. The first-order valence-electron chi connectivity index (χ1n) is 5.57. The Morgan fingerprint density at radius 2 is 2.12 bits per heavy atom. The van der Waals surface area contributed by atoms with Crippen LogP contribution in [-0.2, 0) is 9.47 Å².